The number of hydrogen-bond acceptors (Lipinski definition) is 6. The first-order valence-corrected chi connectivity index (χ1v) is 10.7. The molecular formula is C22H17ClN6OS. The number of carbonyl (C=O) groups is 1. The second-order valence-electron chi connectivity index (χ2n) is 6.35. The van der Waals surface area contributed by atoms with Crippen LogP contribution in [0.2, 0.25) is 5.02 Å². The van der Waals surface area contributed by atoms with E-state index in [0.29, 0.717) is 16.0 Å². The molecule has 0 radical (unpaired) electrons. The summed E-state index contributed by atoms with van der Waals surface area (Å²) in [5, 5.41) is 13.8. The van der Waals surface area contributed by atoms with E-state index in [-0.39, 0.29) is 11.7 Å². The van der Waals surface area contributed by atoms with Gasteiger partial charge in [-0.2, -0.15) is 5.10 Å². The summed E-state index contributed by atoms with van der Waals surface area (Å²) in [6.45, 7) is 0. The van der Waals surface area contributed by atoms with Crippen molar-refractivity contribution < 1.29 is 4.79 Å². The maximum atomic E-state index is 12.2. The van der Waals surface area contributed by atoms with Crippen LogP contribution in [0, 0.1) is 0 Å². The van der Waals surface area contributed by atoms with Gasteiger partial charge in [0, 0.05) is 28.7 Å². The monoisotopic (exact) mass is 448 g/mol. The van der Waals surface area contributed by atoms with E-state index in [1.165, 1.54) is 11.8 Å². The predicted octanol–water partition coefficient (Wildman–Crippen LogP) is 4.23. The van der Waals surface area contributed by atoms with Gasteiger partial charge in [0.05, 0.1) is 12.0 Å². The Hall–Kier alpha value is -3.49. The lowest BCUT2D eigenvalue weighted by molar-refractivity contribution is -0.118. The smallest absolute Gasteiger partial charge is 0.250 e. The summed E-state index contributed by atoms with van der Waals surface area (Å²) in [7, 11) is 0. The van der Waals surface area contributed by atoms with E-state index in [1.807, 2.05) is 59.2 Å². The summed E-state index contributed by atoms with van der Waals surface area (Å²) in [6, 6.07) is 20.6. The van der Waals surface area contributed by atoms with Crippen LogP contribution < -0.4 is 5.43 Å². The van der Waals surface area contributed by atoms with Crippen LogP contribution in [0.1, 0.15) is 5.56 Å². The Morgan fingerprint density at radius 3 is 2.52 bits per heavy atom. The van der Waals surface area contributed by atoms with Gasteiger partial charge < -0.3 is 0 Å². The minimum Gasteiger partial charge on any atom is -0.272 e. The van der Waals surface area contributed by atoms with Gasteiger partial charge in [-0.1, -0.05) is 53.7 Å². The van der Waals surface area contributed by atoms with Crippen LogP contribution in [0.15, 0.2) is 89.4 Å². The molecule has 0 fully saturated rings. The molecule has 2 aromatic heterocycles. The first kappa shape index (κ1) is 20.8. The molecule has 0 aliphatic heterocycles. The highest BCUT2D eigenvalue weighted by molar-refractivity contribution is 7.99. The number of thioether (sulfide) groups is 1. The molecule has 154 valence electrons. The largest absolute Gasteiger partial charge is 0.272 e. The maximum absolute atomic E-state index is 12.2. The number of hydrazone groups is 1. The standard InChI is InChI=1S/C22H17ClN6OS/c23-18-6-8-19(9-7-18)29-21(17-10-12-24-13-11-17)27-28-22(29)31-15-20(30)26-25-14-16-4-2-1-3-5-16/h1-14H,15H2,(H,26,30)/b25-14-. The summed E-state index contributed by atoms with van der Waals surface area (Å²) in [5.41, 5.74) is 5.14. The van der Waals surface area contributed by atoms with Gasteiger partial charge in [0.2, 0.25) is 0 Å². The minimum atomic E-state index is -0.242. The zero-order valence-electron chi connectivity index (χ0n) is 16.2. The number of nitrogens with one attached hydrogen (secondary N) is 1. The molecule has 31 heavy (non-hydrogen) atoms. The van der Waals surface area contributed by atoms with Gasteiger partial charge in [0.1, 0.15) is 0 Å². The summed E-state index contributed by atoms with van der Waals surface area (Å²) < 4.78 is 1.89. The Bertz CT molecular complexity index is 1180. The SMILES string of the molecule is O=C(CSc1nnc(-c2ccncc2)n1-c1ccc(Cl)cc1)N/N=C\c1ccccc1. The van der Waals surface area contributed by atoms with Crippen molar-refractivity contribution in [3.8, 4) is 17.1 Å². The van der Waals surface area contributed by atoms with Crippen molar-refractivity contribution in [3.05, 3.63) is 89.7 Å². The highest BCUT2D eigenvalue weighted by Gasteiger charge is 2.17. The molecule has 9 heteroatoms. The van der Waals surface area contributed by atoms with Crippen molar-refractivity contribution in [2.75, 3.05) is 5.75 Å². The Kier molecular flexibility index (Phi) is 6.71. The molecule has 1 amide bonds. The topological polar surface area (TPSA) is 85.1 Å². The minimum absolute atomic E-state index is 0.133. The fraction of sp³-hybridized carbons (Fsp3) is 0.0455. The van der Waals surface area contributed by atoms with Gasteiger partial charge in [-0.05, 0) is 42.0 Å². The molecule has 0 spiro atoms. The Morgan fingerprint density at radius 2 is 1.77 bits per heavy atom. The maximum Gasteiger partial charge on any atom is 0.250 e. The van der Waals surface area contributed by atoms with E-state index in [2.05, 4.69) is 25.7 Å². The second-order valence-corrected chi connectivity index (χ2v) is 7.73. The van der Waals surface area contributed by atoms with Crippen LogP contribution in [0.4, 0.5) is 0 Å². The third-order valence-corrected chi connectivity index (χ3v) is 5.37. The number of amides is 1. The molecule has 2 heterocycles. The van der Waals surface area contributed by atoms with Crippen molar-refractivity contribution in [1.29, 1.82) is 0 Å². The van der Waals surface area contributed by atoms with Gasteiger partial charge in [-0.3, -0.25) is 14.3 Å². The van der Waals surface area contributed by atoms with Gasteiger partial charge >= 0.3 is 0 Å². The van der Waals surface area contributed by atoms with Gasteiger partial charge in [-0.25, -0.2) is 5.43 Å². The van der Waals surface area contributed by atoms with Crippen LogP contribution in [0.25, 0.3) is 17.1 Å². The Morgan fingerprint density at radius 1 is 1.03 bits per heavy atom. The zero-order chi connectivity index (χ0) is 21.5. The van der Waals surface area contributed by atoms with Gasteiger partial charge in [0.15, 0.2) is 11.0 Å². The van der Waals surface area contributed by atoms with Crippen LogP contribution in [-0.2, 0) is 4.79 Å². The summed E-state index contributed by atoms with van der Waals surface area (Å²) in [5.74, 6) is 0.539. The lowest BCUT2D eigenvalue weighted by Gasteiger charge is -2.10. The van der Waals surface area contributed by atoms with Crippen molar-refractivity contribution >= 4 is 35.5 Å². The van der Waals surface area contributed by atoms with E-state index in [9.17, 15) is 4.79 Å². The van der Waals surface area contributed by atoms with Crippen molar-refractivity contribution in [1.82, 2.24) is 25.2 Å². The zero-order valence-corrected chi connectivity index (χ0v) is 17.8. The van der Waals surface area contributed by atoms with Crippen molar-refractivity contribution in [2.24, 2.45) is 5.10 Å². The summed E-state index contributed by atoms with van der Waals surface area (Å²) in [6.07, 6.45) is 4.99. The number of pyridine rings is 1. The third kappa shape index (κ3) is 5.36. The average molecular weight is 449 g/mol. The van der Waals surface area contributed by atoms with Crippen LogP contribution >= 0.6 is 23.4 Å². The van der Waals surface area contributed by atoms with Gasteiger partial charge in [-0.15, -0.1) is 10.2 Å². The molecule has 0 unspecified atom stereocenters. The molecule has 0 aliphatic carbocycles. The van der Waals surface area contributed by atoms with E-state index in [0.717, 1.165) is 16.8 Å². The van der Waals surface area contributed by atoms with Crippen molar-refractivity contribution in [2.45, 2.75) is 5.16 Å². The van der Waals surface area contributed by atoms with Gasteiger partial charge in [0.25, 0.3) is 5.91 Å². The predicted molar refractivity (Wildman–Crippen MR) is 123 cm³/mol. The van der Waals surface area contributed by atoms with E-state index < -0.39 is 0 Å². The number of rotatable bonds is 7. The fourth-order valence-corrected chi connectivity index (χ4v) is 3.62. The first-order valence-electron chi connectivity index (χ1n) is 9.32. The van der Waals surface area contributed by atoms with Crippen LogP contribution in [0.3, 0.4) is 0 Å². The molecule has 4 rings (SSSR count). The number of carbonyl (C=O) groups excluding carboxylic acids is 1. The number of benzene rings is 2. The lowest BCUT2D eigenvalue weighted by Crippen LogP contribution is -2.20. The normalized spacial score (nSPS) is 11.0. The Balaban J connectivity index is 1.51. The molecular weight excluding hydrogens is 432 g/mol. The molecule has 0 saturated carbocycles. The third-order valence-electron chi connectivity index (χ3n) is 4.19. The number of nitrogens with zero attached hydrogens (tertiary/aromatic N) is 5. The average Bonchev–Trinajstić information content (AvgIpc) is 3.23. The summed E-state index contributed by atoms with van der Waals surface area (Å²) in [4.78, 5) is 16.3. The molecule has 1 N–H and O–H groups in total. The molecule has 0 bridgehead atoms. The Labute approximate surface area is 188 Å². The number of aromatic nitrogens is 4. The van der Waals surface area contributed by atoms with E-state index in [4.69, 9.17) is 11.6 Å². The number of halogens is 1. The molecule has 4 aromatic rings. The molecule has 2 aromatic carbocycles. The molecule has 0 aliphatic rings. The highest BCUT2D eigenvalue weighted by Crippen LogP contribution is 2.28. The summed E-state index contributed by atoms with van der Waals surface area (Å²) >= 11 is 7.32. The molecule has 0 atom stereocenters. The quantitative estimate of drug-likeness (QED) is 0.260. The fourth-order valence-electron chi connectivity index (χ4n) is 2.75. The molecule has 7 nitrogen and oxygen atoms in total. The lowest BCUT2D eigenvalue weighted by atomic mass is 10.2. The second kappa shape index (κ2) is 10.0. The highest BCUT2D eigenvalue weighted by atomic mass is 35.5. The van der Waals surface area contributed by atoms with E-state index >= 15 is 0 Å². The first-order chi connectivity index (χ1) is 15.2. The number of hydrogen-bond donors (Lipinski definition) is 1. The molecule has 0 saturated heterocycles. The van der Waals surface area contributed by atoms with Crippen LogP contribution in [0.5, 0.6) is 0 Å². The van der Waals surface area contributed by atoms with Crippen LogP contribution in [-0.4, -0.2) is 37.6 Å². The van der Waals surface area contributed by atoms with Crippen molar-refractivity contribution in [3.63, 3.8) is 0 Å². The van der Waals surface area contributed by atoms with E-state index in [1.54, 1.807) is 30.7 Å².